The van der Waals surface area contributed by atoms with Gasteiger partial charge in [-0.2, -0.15) is 0 Å². The molecule has 0 amide bonds. The summed E-state index contributed by atoms with van der Waals surface area (Å²) < 4.78 is 11.9. The molecule has 0 atom stereocenters. The number of hydrogen-bond acceptors (Lipinski definition) is 4. The fourth-order valence-electron chi connectivity index (χ4n) is 1.68. The Hall–Kier alpha value is -0.910. The first-order valence-electron chi connectivity index (χ1n) is 5.61. The standard InChI is InChI=1S/C13H9BrClNO2S/c14-8-5-10(15)13(16-7-8)19-9-1-2-11-12(6-9)18-4-3-17-11/h1-2,5-7H,3-4H2. The molecule has 0 unspecified atom stereocenters. The third-order valence-corrected chi connectivity index (χ3v) is 4.34. The number of fused-ring (bicyclic) bond motifs is 1. The lowest BCUT2D eigenvalue weighted by atomic mass is 10.3. The van der Waals surface area contributed by atoms with Gasteiger partial charge in [-0.05, 0) is 40.2 Å². The summed E-state index contributed by atoms with van der Waals surface area (Å²) >= 11 is 11.0. The van der Waals surface area contributed by atoms with Crippen molar-refractivity contribution in [3.63, 3.8) is 0 Å². The number of hydrogen-bond donors (Lipinski definition) is 0. The maximum absolute atomic E-state index is 6.15. The van der Waals surface area contributed by atoms with Crippen LogP contribution < -0.4 is 9.47 Å². The van der Waals surface area contributed by atoms with E-state index in [-0.39, 0.29) is 0 Å². The van der Waals surface area contributed by atoms with E-state index in [1.165, 1.54) is 11.8 Å². The highest BCUT2D eigenvalue weighted by Crippen LogP contribution is 2.38. The van der Waals surface area contributed by atoms with Crippen molar-refractivity contribution in [3.8, 4) is 11.5 Å². The smallest absolute Gasteiger partial charge is 0.162 e. The zero-order chi connectivity index (χ0) is 13.2. The summed E-state index contributed by atoms with van der Waals surface area (Å²) in [7, 11) is 0. The fourth-order valence-corrected chi connectivity index (χ4v) is 3.21. The maximum Gasteiger partial charge on any atom is 0.162 e. The van der Waals surface area contributed by atoms with E-state index < -0.39 is 0 Å². The predicted molar refractivity (Wildman–Crippen MR) is 78.5 cm³/mol. The number of halogens is 2. The minimum atomic E-state index is 0.582. The molecule has 2 heterocycles. The molecule has 0 spiro atoms. The van der Waals surface area contributed by atoms with E-state index in [1.54, 1.807) is 6.20 Å². The normalized spacial score (nSPS) is 13.4. The molecule has 0 radical (unpaired) electrons. The SMILES string of the molecule is Clc1cc(Br)cnc1Sc1ccc2c(c1)OCCO2. The Morgan fingerprint density at radius 3 is 2.74 bits per heavy atom. The van der Waals surface area contributed by atoms with Crippen molar-refractivity contribution < 1.29 is 9.47 Å². The highest BCUT2D eigenvalue weighted by molar-refractivity contribution is 9.10. The number of ether oxygens (including phenoxy) is 2. The van der Waals surface area contributed by atoms with Gasteiger partial charge in [0, 0.05) is 15.6 Å². The minimum absolute atomic E-state index is 0.582. The van der Waals surface area contributed by atoms with Gasteiger partial charge < -0.3 is 9.47 Å². The van der Waals surface area contributed by atoms with E-state index in [9.17, 15) is 0 Å². The highest BCUT2D eigenvalue weighted by atomic mass is 79.9. The molecule has 98 valence electrons. The molecule has 1 aromatic carbocycles. The van der Waals surface area contributed by atoms with Gasteiger partial charge in [0.05, 0.1) is 5.02 Å². The van der Waals surface area contributed by atoms with E-state index in [0.717, 1.165) is 25.9 Å². The number of rotatable bonds is 2. The van der Waals surface area contributed by atoms with Crippen LogP contribution in [0.2, 0.25) is 5.02 Å². The Labute approximate surface area is 128 Å². The quantitative estimate of drug-likeness (QED) is 0.795. The molecule has 0 saturated heterocycles. The van der Waals surface area contributed by atoms with Crippen LogP contribution in [0.1, 0.15) is 0 Å². The van der Waals surface area contributed by atoms with Crippen LogP contribution in [0, 0.1) is 0 Å². The van der Waals surface area contributed by atoms with Gasteiger partial charge >= 0.3 is 0 Å². The number of pyridine rings is 1. The molecule has 0 fully saturated rings. The van der Waals surface area contributed by atoms with Crippen LogP contribution in [0.25, 0.3) is 0 Å². The molecular formula is C13H9BrClNO2S. The Balaban J connectivity index is 1.87. The van der Waals surface area contributed by atoms with Crippen LogP contribution in [0.5, 0.6) is 11.5 Å². The van der Waals surface area contributed by atoms with E-state index in [2.05, 4.69) is 20.9 Å². The van der Waals surface area contributed by atoms with Gasteiger partial charge in [0.15, 0.2) is 11.5 Å². The van der Waals surface area contributed by atoms with Gasteiger partial charge in [0.1, 0.15) is 18.2 Å². The second-order valence-electron chi connectivity index (χ2n) is 3.85. The summed E-state index contributed by atoms with van der Waals surface area (Å²) in [5.41, 5.74) is 0. The fraction of sp³-hybridized carbons (Fsp3) is 0.154. The first kappa shape index (κ1) is 13.1. The largest absolute Gasteiger partial charge is 0.486 e. The second-order valence-corrected chi connectivity index (χ2v) is 6.23. The lowest BCUT2D eigenvalue weighted by molar-refractivity contribution is 0.171. The van der Waals surface area contributed by atoms with Crippen molar-refractivity contribution in [2.75, 3.05) is 13.2 Å². The van der Waals surface area contributed by atoms with Gasteiger partial charge in [0.2, 0.25) is 0 Å². The zero-order valence-corrected chi connectivity index (χ0v) is 12.9. The molecule has 3 rings (SSSR count). The summed E-state index contributed by atoms with van der Waals surface area (Å²) in [5.74, 6) is 1.55. The maximum atomic E-state index is 6.15. The van der Waals surface area contributed by atoms with Crippen molar-refractivity contribution in [1.82, 2.24) is 4.98 Å². The predicted octanol–water partition coefficient (Wildman–Crippen LogP) is 4.42. The van der Waals surface area contributed by atoms with E-state index in [0.29, 0.717) is 18.2 Å². The Bertz CT molecular complexity index is 624. The van der Waals surface area contributed by atoms with Crippen LogP contribution in [-0.2, 0) is 0 Å². The van der Waals surface area contributed by atoms with Crippen molar-refractivity contribution in [3.05, 3.63) is 40.0 Å². The topological polar surface area (TPSA) is 31.4 Å². The first-order chi connectivity index (χ1) is 9.22. The minimum Gasteiger partial charge on any atom is -0.486 e. The van der Waals surface area contributed by atoms with Crippen LogP contribution in [-0.4, -0.2) is 18.2 Å². The van der Waals surface area contributed by atoms with Crippen molar-refractivity contribution in [2.24, 2.45) is 0 Å². The molecule has 0 N–H and O–H groups in total. The van der Waals surface area contributed by atoms with E-state index in [1.807, 2.05) is 24.3 Å². The molecule has 2 aromatic rings. The van der Waals surface area contributed by atoms with Crippen molar-refractivity contribution in [2.45, 2.75) is 9.92 Å². The van der Waals surface area contributed by atoms with Crippen LogP contribution >= 0.6 is 39.3 Å². The summed E-state index contributed by atoms with van der Waals surface area (Å²) in [6.45, 7) is 1.18. The van der Waals surface area contributed by atoms with Gasteiger partial charge in [-0.1, -0.05) is 23.4 Å². The number of benzene rings is 1. The van der Waals surface area contributed by atoms with Gasteiger partial charge in [-0.25, -0.2) is 4.98 Å². The molecular weight excluding hydrogens is 350 g/mol. The molecule has 3 nitrogen and oxygen atoms in total. The first-order valence-corrected chi connectivity index (χ1v) is 7.60. The monoisotopic (exact) mass is 357 g/mol. The average Bonchev–Trinajstić information content (AvgIpc) is 2.42. The van der Waals surface area contributed by atoms with Crippen molar-refractivity contribution >= 4 is 39.3 Å². The molecule has 1 aromatic heterocycles. The third-order valence-electron chi connectivity index (χ3n) is 2.50. The Morgan fingerprint density at radius 2 is 1.95 bits per heavy atom. The third kappa shape index (κ3) is 2.99. The van der Waals surface area contributed by atoms with Gasteiger partial charge in [-0.15, -0.1) is 0 Å². The zero-order valence-electron chi connectivity index (χ0n) is 9.73. The number of aromatic nitrogens is 1. The Kier molecular flexibility index (Phi) is 3.86. The van der Waals surface area contributed by atoms with Crippen LogP contribution in [0.3, 0.4) is 0 Å². The van der Waals surface area contributed by atoms with Crippen molar-refractivity contribution in [1.29, 1.82) is 0 Å². The lowest BCUT2D eigenvalue weighted by Gasteiger charge is -2.18. The summed E-state index contributed by atoms with van der Waals surface area (Å²) in [5, 5.41) is 1.39. The average molecular weight is 359 g/mol. The van der Waals surface area contributed by atoms with Crippen LogP contribution in [0.15, 0.2) is 44.9 Å². The molecule has 0 saturated carbocycles. The molecule has 1 aliphatic heterocycles. The van der Waals surface area contributed by atoms with E-state index >= 15 is 0 Å². The van der Waals surface area contributed by atoms with Gasteiger partial charge in [0.25, 0.3) is 0 Å². The lowest BCUT2D eigenvalue weighted by Crippen LogP contribution is -2.15. The molecule has 19 heavy (non-hydrogen) atoms. The van der Waals surface area contributed by atoms with Crippen LogP contribution in [0.4, 0.5) is 0 Å². The second kappa shape index (κ2) is 5.61. The molecule has 1 aliphatic rings. The number of nitrogens with zero attached hydrogens (tertiary/aromatic N) is 1. The highest BCUT2D eigenvalue weighted by Gasteiger charge is 2.13. The summed E-state index contributed by atoms with van der Waals surface area (Å²) in [6, 6.07) is 7.65. The summed E-state index contributed by atoms with van der Waals surface area (Å²) in [6.07, 6.45) is 1.73. The Morgan fingerprint density at radius 1 is 1.16 bits per heavy atom. The molecule has 6 heteroatoms. The molecule has 0 bridgehead atoms. The summed E-state index contributed by atoms with van der Waals surface area (Å²) in [4.78, 5) is 5.31. The van der Waals surface area contributed by atoms with E-state index in [4.69, 9.17) is 21.1 Å². The molecule has 0 aliphatic carbocycles. The van der Waals surface area contributed by atoms with Gasteiger partial charge in [-0.3, -0.25) is 0 Å².